The van der Waals surface area contributed by atoms with E-state index in [-0.39, 0.29) is 41.5 Å². The quantitative estimate of drug-likeness (QED) is 0.351. The van der Waals surface area contributed by atoms with E-state index in [1.165, 1.54) is 6.07 Å². The average Bonchev–Trinajstić information content (AvgIpc) is 3.33. The lowest BCUT2D eigenvalue weighted by atomic mass is 9.83. The molecule has 1 N–H and O–H groups in total. The largest absolute Gasteiger partial charge is 0.310 e. The Morgan fingerprint density at radius 2 is 1.86 bits per heavy atom. The molecule has 1 unspecified atom stereocenters. The maximum atomic E-state index is 14.4. The van der Waals surface area contributed by atoms with E-state index in [4.69, 9.17) is 10.1 Å². The zero-order valence-corrected chi connectivity index (χ0v) is 21.5. The van der Waals surface area contributed by atoms with Gasteiger partial charge in [-0.15, -0.1) is 0 Å². The van der Waals surface area contributed by atoms with Crippen molar-refractivity contribution in [1.82, 2.24) is 24.7 Å². The standard InChI is InChI=1S/C28H29FN6O2/c1-15(2)16(3)13-20(36)23-21-24(33-27(37)28(21,4)5)32-25(31-23)22-18-10-8-12-30-26(18)35(34-22)14-17-9-6-7-11-19(17)29/h6-12,15-16H,13-14H2,1-5H3,(H,31,32,33,37). The van der Waals surface area contributed by atoms with Crippen LogP contribution < -0.4 is 5.32 Å². The number of ketones is 1. The number of nitrogens with zero attached hydrogens (tertiary/aromatic N) is 5. The smallest absolute Gasteiger partial charge is 0.235 e. The van der Waals surface area contributed by atoms with Gasteiger partial charge in [-0.2, -0.15) is 5.10 Å². The van der Waals surface area contributed by atoms with Gasteiger partial charge in [-0.3, -0.25) is 9.59 Å². The lowest BCUT2D eigenvalue weighted by molar-refractivity contribution is -0.119. The van der Waals surface area contributed by atoms with Gasteiger partial charge in [0.15, 0.2) is 17.3 Å². The van der Waals surface area contributed by atoms with Crippen LogP contribution in [-0.2, 0) is 16.8 Å². The van der Waals surface area contributed by atoms with Gasteiger partial charge in [0.05, 0.1) is 17.3 Å². The van der Waals surface area contributed by atoms with Crippen molar-refractivity contribution in [3.8, 4) is 11.5 Å². The number of carbonyl (C=O) groups is 2. The highest BCUT2D eigenvalue weighted by atomic mass is 19.1. The Labute approximate surface area is 214 Å². The minimum absolute atomic E-state index is 0.139. The van der Waals surface area contributed by atoms with E-state index in [0.717, 1.165) is 0 Å². The van der Waals surface area contributed by atoms with Crippen LogP contribution in [-0.4, -0.2) is 36.4 Å². The van der Waals surface area contributed by atoms with E-state index in [1.807, 2.05) is 13.0 Å². The highest BCUT2D eigenvalue weighted by Crippen LogP contribution is 2.40. The first-order valence-electron chi connectivity index (χ1n) is 12.4. The number of fused-ring (bicyclic) bond motifs is 2. The van der Waals surface area contributed by atoms with E-state index < -0.39 is 5.41 Å². The summed E-state index contributed by atoms with van der Waals surface area (Å²) in [6.45, 7) is 9.87. The molecule has 190 valence electrons. The van der Waals surface area contributed by atoms with Crippen molar-refractivity contribution in [3.63, 3.8) is 0 Å². The summed E-state index contributed by atoms with van der Waals surface area (Å²) in [6, 6.07) is 10.1. The number of nitrogens with one attached hydrogen (secondary N) is 1. The van der Waals surface area contributed by atoms with Crippen molar-refractivity contribution in [1.29, 1.82) is 0 Å². The normalized spacial score (nSPS) is 15.2. The maximum absolute atomic E-state index is 14.4. The van der Waals surface area contributed by atoms with Crippen LogP contribution in [0.1, 0.15) is 62.7 Å². The number of Topliss-reactive ketones (excluding diaryl/α,β-unsaturated/α-hetero) is 1. The minimum atomic E-state index is -0.951. The molecular weight excluding hydrogens is 471 g/mol. The Kier molecular flexibility index (Phi) is 6.09. The molecule has 0 bridgehead atoms. The van der Waals surface area contributed by atoms with Gasteiger partial charge < -0.3 is 5.32 Å². The van der Waals surface area contributed by atoms with Crippen LogP contribution in [0.3, 0.4) is 0 Å². The Morgan fingerprint density at radius 3 is 2.59 bits per heavy atom. The van der Waals surface area contributed by atoms with Gasteiger partial charge >= 0.3 is 0 Å². The molecule has 1 aliphatic rings. The van der Waals surface area contributed by atoms with Gasteiger partial charge in [0.1, 0.15) is 23.0 Å². The van der Waals surface area contributed by atoms with Crippen LogP contribution in [0.25, 0.3) is 22.6 Å². The van der Waals surface area contributed by atoms with E-state index in [1.54, 1.807) is 49.0 Å². The first kappa shape index (κ1) is 24.7. The van der Waals surface area contributed by atoms with Gasteiger partial charge in [-0.25, -0.2) is 24.0 Å². The van der Waals surface area contributed by atoms with Crippen LogP contribution >= 0.6 is 0 Å². The second-order valence-electron chi connectivity index (χ2n) is 10.5. The zero-order valence-electron chi connectivity index (χ0n) is 21.5. The molecule has 9 heteroatoms. The van der Waals surface area contributed by atoms with Crippen LogP contribution in [0, 0.1) is 17.7 Å². The number of amides is 1. The molecule has 1 atom stereocenters. The molecule has 5 rings (SSSR count). The molecule has 1 aliphatic heterocycles. The number of carbonyl (C=O) groups excluding carboxylic acids is 2. The van der Waals surface area contributed by atoms with Crippen LogP contribution in [0.2, 0.25) is 0 Å². The lowest BCUT2D eigenvalue weighted by Gasteiger charge is -2.19. The molecule has 1 aromatic carbocycles. The number of halogens is 1. The summed E-state index contributed by atoms with van der Waals surface area (Å²) in [6.07, 6.45) is 1.94. The monoisotopic (exact) mass is 500 g/mol. The summed E-state index contributed by atoms with van der Waals surface area (Å²) in [7, 11) is 0. The summed E-state index contributed by atoms with van der Waals surface area (Å²) in [4.78, 5) is 40.2. The number of anilines is 1. The number of rotatable bonds is 7. The topological polar surface area (TPSA) is 103 Å². The van der Waals surface area contributed by atoms with Crippen molar-refractivity contribution >= 4 is 28.5 Å². The molecule has 0 aliphatic carbocycles. The summed E-state index contributed by atoms with van der Waals surface area (Å²) in [5.41, 5.74) is 1.20. The molecule has 8 nitrogen and oxygen atoms in total. The van der Waals surface area contributed by atoms with E-state index in [0.29, 0.717) is 46.0 Å². The van der Waals surface area contributed by atoms with Crippen molar-refractivity contribution in [2.24, 2.45) is 11.8 Å². The first-order valence-corrected chi connectivity index (χ1v) is 12.4. The molecule has 4 aromatic rings. The fourth-order valence-electron chi connectivity index (χ4n) is 4.53. The van der Waals surface area contributed by atoms with Crippen LogP contribution in [0.4, 0.5) is 10.2 Å². The highest BCUT2D eigenvalue weighted by Gasteiger charge is 2.44. The van der Waals surface area contributed by atoms with Crippen LogP contribution in [0.15, 0.2) is 42.6 Å². The molecule has 3 aromatic heterocycles. The predicted octanol–water partition coefficient (Wildman–Crippen LogP) is 5.17. The summed E-state index contributed by atoms with van der Waals surface area (Å²) in [5.74, 6) is 0.267. The summed E-state index contributed by atoms with van der Waals surface area (Å²) in [5, 5.41) is 8.20. The molecular formula is C28H29FN6O2. The Hall–Kier alpha value is -4.01. The van der Waals surface area contributed by atoms with E-state index in [9.17, 15) is 14.0 Å². The SMILES string of the molecule is CC(C)C(C)CC(=O)c1nc(-c2nn(Cc3ccccc3F)c3ncccc23)nc2c1C(C)(C)C(=O)N2. The van der Waals surface area contributed by atoms with Gasteiger partial charge in [0.2, 0.25) is 5.91 Å². The zero-order chi connectivity index (χ0) is 26.5. The molecule has 0 fully saturated rings. The van der Waals surface area contributed by atoms with E-state index in [2.05, 4.69) is 29.1 Å². The number of pyridine rings is 1. The summed E-state index contributed by atoms with van der Waals surface area (Å²) < 4.78 is 16.0. The van der Waals surface area contributed by atoms with E-state index >= 15 is 0 Å². The molecule has 4 heterocycles. The number of hydrogen-bond acceptors (Lipinski definition) is 6. The lowest BCUT2D eigenvalue weighted by Crippen LogP contribution is -2.29. The molecule has 0 saturated heterocycles. The average molecular weight is 501 g/mol. The highest BCUT2D eigenvalue weighted by molar-refractivity contribution is 6.09. The Balaban J connectivity index is 1.67. The maximum Gasteiger partial charge on any atom is 0.235 e. The first-order chi connectivity index (χ1) is 17.6. The van der Waals surface area contributed by atoms with Gasteiger partial charge in [-0.05, 0) is 43.9 Å². The second kappa shape index (κ2) is 9.14. The van der Waals surface area contributed by atoms with Crippen molar-refractivity contribution in [2.45, 2.75) is 53.0 Å². The molecule has 0 radical (unpaired) electrons. The third-order valence-electron chi connectivity index (χ3n) is 7.24. The predicted molar refractivity (Wildman–Crippen MR) is 139 cm³/mol. The van der Waals surface area contributed by atoms with Gasteiger partial charge in [-0.1, -0.05) is 39.0 Å². The molecule has 1 amide bonds. The number of benzene rings is 1. The van der Waals surface area contributed by atoms with Crippen LogP contribution in [0.5, 0.6) is 0 Å². The van der Waals surface area contributed by atoms with Crippen molar-refractivity contribution < 1.29 is 14.0 Å². The van der Waals surface area contributed by atoms with Gasteiger partial charge in [0.25, 0.3) is 0 Å². The fourth-order valence-corrected chi connectivity index (χ4v) is 4.53. The minimum Gasteiger partial charge on any atom is -0.310 e. The molecule has 0 spiro atoms. The molecule has 37 heavy (non-hydrogen) atoms. The third-order valence-corrected chi connectivity index (χ3v) is 7.24. The fraction of sp³-hybridized carbons (Fsp3) is 0.357. The Bertz CT molecular complexity index is 1540. The van der Waals surface area contributed by atoms with Crippen molar-refractivity contribution in [3.05, 3.63) is 65.2 Å². The third kappa shape index (κ3) is 4.28. The number of hydrogen-bond donors (Lipinski definition) is 1. The van der Waals surface area contributed by atoms with Gasteiger partial charge in [0, 0.05) is 23.7 Å². The second-order valence-corrected chi connectivity index (χ2v) is 10.5. The summed E-state index contributed by atoms with van der Waals surface area (Å²) >= 11 is 0. The Morgan fingerprint density at radius 1 is 1.11 bits per heavy atom. The molecule has 0 saturated carbocycles. The number of aromatic nitrogens is 5. The van der Waals surface area contributed by atoms with Crippen molar-refractivity contribution in [2.75, 3.05) is 5.32 Å².